The third-order valence-corrected chi connectivity index (χ3v) is 5.10. The van der Waals surface area contributed by atoms with Crippen LogP contribution in [0, 0.1) is 10.1 Å². The number of nitro groups is 1. The molecule has 0 aliphatic carbocycles. The molecule has 1 saturated heterocycles. The van der Waals surface area contributed by atoms with E-state index in [-0.39, 0.29) is 28.4 Å². The van der Waals surface area contributed by atoms with Crippen molar-refractivity contribution in [3.05, 3.63) is 51.2 Å². The van der Waals surface area contributed by atoms with E-state index in [0.29, 0.717) is 31.0 Å². The molecule has 31 heavy (non-hydrogen) atoms. The Kier molecular flexibility index (Phi) is 6.26. The van der Waals surface area contributed by atoms with Gasteiger partial charge in [0.25, 0.3) is 11.6 Å². The molecule has 1 aliphatic heterocycles. The van der Waals surface area contributed by atoms with Crippen molar-refractivity contribution in [1.29, 1.82) is 0 Å². The number of furan rings is 1. The topological polar surface area (TPSA) is 106 Å². The molecule has 0 radical (unpaired) electrons. The summed E-state index contributed by atoms with van der Waals surface area (Å²) in [5.41, 5.74) is -0.268. The van der Waals surface area contributed by atoms with Gasteiger partial charge in [-0.05, 0) is 45.9 Å². The lowest BCUT2D eigenvalue weighted by Gasteiger charge is -2.39. The zero-order chi connectivity index (χ0) is 22.9. The highest BCUT2D eigenvalue weighted by Gasteiger charge is 2.33. The molecular formula is C21H24ClN3O6. The van der Waals surface area contributed by atoms with Crippen LogP contribution in [0.15, 0.2) is 34.7 Å². The van der Waals surface area contributed by atoms with E-state index < -0.39 is 16.6 Å². The first kappa shape index (κ1) is 22.6. The molecule has 1 aliphatic rings. The molecule has 0 saturated carbocycles. The molecular weight excluding hydrogens is 426 g/mol. The minimum absolute atomic E-state index is 0.127. The summed E-state index contributed by atoms with van der Waals surface area (Å²) in [7, 11) is 0. The van der Waals surface area contributed by atoms with E-state index in [2.05, 4.69) is 0 Å². The zero-order valence-electron chi connectivity index (χ0n) is 17.8. The van der Waals surface area contributed by atoms with Crippen LogP contribution < -0.4 is 0 Å². The lowest BCUT2D eigenvalue weighted by Crippen LogP contribution is -2.56. The van der Waals surface area contributed by atoms with Gasteiger partial charge in [-0.3, -0.25) is 14.9 Å². The third-order valence-electron chi connectivity index (χ3n) is 4.79. The summed E-state index contributed by atoms with van der Waals surface area (Å²) >= 11 is 6.15. The number of carbonyl (C=O) groups excluding carboxylic acids is 2. The average Bonchev–Trinajstić information content (AvgIpc) is 3.15. The molecule has 1 unspecified atom stereocenters. The van der Waals surface area contributed by atoms with E-state index in [1.807, 2.05) is 6.92 Å². The summed E-state index contributed by atoms with van der Waals surface area (Å²) in [4.78, 5) is 38.8. The number of ether oxygens (including phenoxy) is 1. The van der Waals surface area contributed by atoms with Crippen LogP contribution in [0.25, 0.3) is 11.3 Å². The molecule has 10 heteroatoms. The van der Waals surface area contributed by atoms with Crippen LogP contribution in [0.4, 0.5) is 10.5 Å². The molecule has 1 aromatic carbocycles. The average molecular weight is 450 g/mol. The SMILES string of the molecule is CC1CN(C(=O)c2ccc(-c3ccc([N+](=O)[O-])cc3Cl)o2)CCN1C(=O)OC(C)(C)C. The third kappa shape index (κ3) is 5.16. The highest BCUT2D eigenvalue weighted by Crippen LogP contribution is 2.32. The van der Waals surface area contributed by atoms with E-state index in [1.165, 1.54) is 18.2 Å². The first-order chi connectivity index (χ1) is 14.5. The zero-order valence-corrected chi connectivity index (χ0v) is 18.5. The predicted molar refractivity (Wildman–Crippen MR) is 114 cm³/mol. The van der Waals surface area contributed by atoms with Gasteiger partial charge in [-0.1, -0.05) is 11.6 Å². The number of nitro benzene ring substituents is 1. The van der Waals surface area contributed by atoms with Gasteiger partial charge in [-0.2, -0.15) is 0 Å². The van der Waals surface area contributed by atoms with E-state index in [0.717, 1.165) is 0 Å². The van der Waals surface area contributed by atoms with Crippen LogP contribution in [-0.4, -0.2) is 58.0 Å². The number of hydrogen-bond donors (Lipinski definition) is 0. The van der Waals surface area contributed by atoms with Crippen molar-refractivity contribution in [2.45, 2.75) is 39.3 Å². The summed E-state index contributed by atoms with van der Waals surface area (Å²) in [5, 5.41) is 11.0. The van der Waals surface area contributed by atoms with Gasteiger partial charge in [0.1, 0.15) is 11.4 Å². The molecule has 3 rings (SSSR count). The lowest BCUT2D eigenvalue weighted by molar-refractivity contribution is -0.384. The molecule has 0 N–H and O–H groups in total. The van der Waals surface area contributed by atoms with Crippen LogP contribution in [0.3, 0.4) is 0 Å². The number of carbonyl (C=O) groups is 2. The van der Waals surface area contributed by atoms with E-state index in [4.69, 9.17) is 20.8 Å². The van der Waals surface area contributed by atoms with Gasteiger partial charge in [0.15, 0.2) is 5.76 Å². The van der Waals surface area contributed by atoms with Crippen LogP contribution in [0.1, 0.15) is 38.2 Å². The summed E-state index contributed by atoms with van der Waals surface area (Å²) in [6, 6.07) is 6.96. The molecule has 2 aromatic rings. The van der Waals surface area contributed by atoms with Crippen molar-refractivity contribution in [2.24, 2.45) is 0 Å². The minimum Gasteiger partial charge on any atom is -0.451 e. The van der Waals surface area contributed by atoms with Gasteiger partial charge in [-0.25, -0.2) is 4.79 Å². The second kappa shape index (κ2) is 8.58. The Labute approximate surface area is 184 Å². The molecule has 1 atom stereocenters. The standard InChI is InChI=1S/C21H24ClN3O6/c1-13-12-23(9-10-24(13)20(27)31-21(2,3)4)19(26)18-8-7-17(30-18)15-6-5-14(25(28)29)11-16(15)22/h5-8,11,13H,9-10,12H2,1-4H3. The van der Waals surface area contributed by atoms with Gasteiger partial charge in [0.05, 0.1) is 9.95 Å². The number of rotatable bonds is 3. The molecule has 1 fully saturated rings. The number of nitrogens with zero attached hydrogens (tertiary/aromatic N) is 3. The Morgan fingerprint density at radius 3 is 2.52 bits per heavy atom. The molecule has 166 valence electrons. The molecule has 0 spiro atoms. The molecule has 0 bridgehead atoms. The van der Waals surface area contributed by atoms with Crippen LogP contribution in [0.5, 0.6) is 0 Å². The first-order valence-corrected chi connectivity index (χ1v) is 10.2. The molecule has 9 nitrogen and oxygen atoms in total. The normalized spacial score (nSPS) is 16.9. The summed E-state index contributed by atoms with van der Waals surface area (Å²) in [5.74, 6) is 0.158. The quantitative estimate of drug-likeness (QED) is 0.501. The number of halogens is 1. The molecule has 2 heterocycles. The summed E-state index contributed by atoms with van der Waals surface area (Å²) in [6.07, 6.45) is -0.403. The lowest BCUT2D eigenvalue weighted by atomic mass is 10.1. The van der Waals surface area contributed by atoms with Gasteiger partial charge >= 0.3 is 6.09 Å². The maximum Gasteiger partial charge on any atom is 0.410 e. The van der Waals surface area contributed by atoms with Crippen molar-refractivity contribution >= 4 is 29.3 Å². The van der Waals surface area contributed by atoms with Crippen molar-refractivity contribution in [3.8, 4) is 11.3 Å². The van der Waals surface area contributed by atoms with Gasteiger partial charge in [0.2, 0.25) is 0 Å². The maximum absolute atomic E-state index is 12.9. The largest absolute Gasteiger partial charge is 0.451 e. The fourth-order valence-corrected chi connectivity index (χ4v) is 3.57. The monoisotopic (exact) mass is 449 g/mol. The van der Waals surface area contributed by atoms with Crippen molar-refractivity contribution in [1.82, 2.24) is 9.80 Å². The van der Waals surface area contributed by atoms with Crippen molar-refractivity contribution < 1.29 is 23.7 Å². The van der Waals surface area contributed by atoms with Crippen LogP contribution >= 0.6 is 11.6 Å². The molecule has 2 amide bonds. The number of hydrogen-bond acceptors (Lipinski definition) is 6. The smallest absolute Gasteiger partial charge is 0.410 e. The van der Waals surface area contributed by atoms with Crippen molar-refractivity contribution in [3.63, 3.8) is 0 Å². The fourth-order valence-electron chi connectivity index (χ4n) is 3.30. The number of amides is 2. The summed E-state index contributed by atoms with van der Waals surface area (Å²) in [6.45, 7) is 8.31. The van der Waals surface area contributed by atoms with Crippen LogP contribution in [-0.2, 0) is 4.74 Å². The Bertz CT molecular complexity index is 1010. The van der Waals surface area contributed by atoms with Crippen molar-refractivity contribution in [2.75, 3.05) is 19.6 Å². The number of non-ortho nitro benzene ring substituents is 1. The van der Waals surface area contributed by atoms with E-state index >= 15 is 0 Å². The number of benzene rings is 1. The highest BCUT2D eigenvalue weighted by atomic mass is 35.5. The fraction of sp³-hybridized carbons (Fsp3) is 0.429. The predicted octanol–water partition coefficient (Wildman–Crippen LogP) is 4.59. The second-order valence-corrected chi connectivity index (χ2v) is 8.77. The minimum atomic E-state index is -0.590. The summed E-state index contributed by atoms with van der Waals surface area (Å²) < 4.78 is 11.1. The highest BCUT2D eigenvalue weighted by molar-refractivity contribution is 6.33. The van der Waals surface area contributed by atoms with Gasteiger partial charge in [0, 0.05) is 43.4 Å². The van der Waals surface area contributed by atoms with Gasteiger partial charge < -0.3 is 19.0 Å². The second-order valence-electron chi connectivity index (χ2n) is 8.36. The Morgan fingerprint density at radius 1 is 1.23 bits per heavy atom. The van der Waals surface area contributed by atoms with E-state index in [9.17, 15) is 19.7 Å². The maximum atomic E-state index is 12.9. The number of piperazine rings is 1. The van der Waals surface area contributed by atoms with Crippen LogP contribution in [0.2, 0.25) is 5.02 Å². The Hall–Kier alpha value is -3.07. The first-order valence-electron chi connectivity index (χ1n) is 9.79. The Morgan fingerprint density at radius 2 is 1.94 bits per heavy atom. The van der Waals surface area contributed by atoms with Gasteiger partial charge in [-0.15, -0.1) is 0 Å². The Balaban J connectivity index is 1.69. The molecule has 1 aromatic heterocycles. The van der Waals surface area contributed by atoms with E-state index in [1.54, 1.807) is 42.7 Å².